The highest BCUT2D eigenvalue weighted by atomic mass is 32.1. The third kappa shape index (κ3) is 5.38. The van der Waals surface area contributed by atoms with Gasteiger partial charge in [0.05, 0.1) is 21.3 Å². The van der Waals surface area contributed by atoms with Crippen LogP contribution in [-0.2, 0) is 11.0 Å². The minimum Gasteiger partial charge on any atom is -0.461 e. The lowest BCUT2D eigenvalue weighted by atomic mass is 9.95. The van der Waals surface area contributed by atoms with Gasteiger partial charge in [0, 0.05) is 55.7 Å². The number of fused-ring (bicyclic) bond motifs is 3. The summed E-state index contributed by atoms with van der Waals surface area (Å²) < 4.78 is 96.4. The third-order valence-corrected chi connectivity index (χ3v) is 10.6. The second kappa shape index (κ2) is 11.8. The molecule has 1 amide bonds. The summed E-state index contributed by atoms with van der Waals surface area (Å²) in [6.45, 7) is 5.08. The first kappa shape index (κ1) is 32.4. The van der Waals surface area contributed by atoms with Crippen molar-refractivity contribution in [2.45, 2.75) is 49.6 Å². The normalized spacial score (nSPS) is 22.9. The van der Waals surface area contributed by atoms with Crippen molar-refractivity contribution in [3.63, 3.8) is 0 Å². The molecule has 0 radical (unpaired) electrons. The van der Waals surface area contributed by atoms with Gasteiger partial charge < -0.3 is 20.3 Å². The molecule has 3 saturated heterocycles. The summed E-state index contributed by atoms with van der Waals surface area (Å²) in [4.78, 5) is 30.3. The van der Waals surface area contributed by atoms with Crippen molar-refractivity contribution in [3.05, 3.63) is 48.1 Å². The lowest BCUT2D eigenvalue weighted by Crippen LogP contribution is -2.43. The standard InChI is InChI=1S/C32H31F6N7O2S/c1-3-22(46)44-10-7-17(14-44)43(2)28-19-11-20(32(36,37)38)23(18-5-6-21(34)27-26(18)40-29(39)48-27)24(35)25(19)41-30(42-28)47-15-31-8-4-9-45(31)13-16(33)12-31/h3,5-6,11,16-17H,1,4,7-10,12-15H2,2H3,(H2,39,40)/t16-,17+,31+/m1/s1. The molecular weight excluding hydrogens is 660 g/mol. The number of thiazole rings is 1. The van der Waals surface area contributed by atoms with E-state index in [0.717, 1.165) is 36.0 Å². The molecule has 48 heavy (non-hydrogen) atoms. The number of benzene rings is 2. The van der Waals surface area contributed by atoms with Gasteiger partial charge in [-0.05, 0) is 50.1 Å². The van der Waals surface area contributed by atoms with E-state index >= 15 is 4.39 Å². The molecule has 0 saturated carbocycles. The van der Waals surface area contributed by atoms with Crippen molar-refractivity contribution in [1.82, 2.24) is 24.8 Å². The topological polar surface area (TPSA) is 101 Å². The van der Waals surface area contributed by atoms with E-state index in [-0.39, 0.29) is 70.2 Å². The maximum absolute atomic E-state index is 16.9. The Labute approximate surface area is 275 Å². The molecule has 3 aliphatic heterocycles. The Hall–Kier alpha value is -4.18. The Kier molecular flexibility index (Phi) is 7.93. The highest BCUT2D eigenvalue weighted by Gasteiger charge is 2.49. The maximum atomic E-state index is 16.9. The third-order valence-electron chi connectivity index (χ3n) is 9.74. The van der Waals surface area contributed by atoms with Crippen LogP contribution in [0.4, 0.5) is 37.3 Å². The molecule has 0 spiro atoms. The number of nitrogens with two attached hydrogens (primary N) is 1. The Morgan fingerprint density at radius 1 is 1.21 bits per heavy atom. The summed E-state index contributed by atoms with van der Waals surface area (Å²) in [6, 6.07) is 2.06. The van der Waals surface area contributed by atoms with Gasteiger partial charge in [0.1, 0.15) is 29.9 Å². The van der Waals surface area contributed by atoms with Crippen LogP contribution in [-0.4, -0.2) is 88.2 Å². The fourth-order valence-electron chi connectivity index (χ4n) is 7.41. The zero-order valence-electron chi connectivity index (χ0n) is 25.8. The van der Waals surface area contributed by atoms with Gasteiger partial charge in [-0.25, -0.2) is 18.2 Å². The zero-order chi connectivity index (χ0) is 34.1. The predicted molar refractivity (Wildman–Crippen MR) is 170 cm³/mol. The lowest BCUT2D eigenvalue weighted by Gasteiger charge is -2.31. The van der Waals surface area contributed by atoms with Crippen LogP contribution >= 0.6 is 11.3 Å². The number of nitrogen functional groups attached to an aromatic ring is 1. The SMILES string of the molecule is C=CC(=O)N1CC[C@H](N(C)c2nc(OC[C@@]34CCCN3C[C@H](F)C4)nc3c(F)c(-c4ccc(F)c5sc(N)nc45)c(C(F)(F)F)cc23)C1. The summed E-state index contributed by atoms with van der Waals surface area (Å²) in [5, 5.41) is -0.343. The van der Waals surface area contributed by atoms with Crippen molar-refractivity contribution in [2.75, 3.05) is 50.5 Å². The number of amides is 1. The van der Waals surface area contributed by atoms with Crippen LogP contribution in [0.1, 0.15) is 31.2 Å². The number of likely N-dealkylation sites (tertiary alicyclic amines) is 1. The number of carbonyl (C=O) groups excluding carboxylic acids is 1. The van der Waals surface area contributed by atoms with Crippen molar-refractivity contribution in [2.24, 2.45) is 0 Å². The van der Waals surface area contributed by atoms with Gasteiger partial charge in [-0.3, -0.25) is 9.69 Å². The highest BCUT2D eigenvalue weighted by Crippen LogP contribution is 2.46. The quantitative estimate of drug-likeness (QED) is 0.187. The number of rotatable bonds is 7. The molecule has 3 aliphatic rings. The van der Waals surface area contributed by atoms with Crippen molar-refractivity contribution in [3.8, 4) is 17.1 Å². The average molecular weight is 692 g/mol. The molecule has 2 aromatic carbocycles. The Morgan fingerprint density at radius 2 is 2.00 bits per heavy atom. The average Bonchev–Trinajstić information content (AvgIpc) is 3.82. The number of halogens is 6. The van der Waals surface area contributed by atoms with E-state index in [2.05, 4.69) is 21.5 Å². The van der Waals surface area contributed by atoms with Crippen LogP contribution in [0.3, 0.4) is 0 Å². The fourth-order valence-corrected chi connectivity index (χ4v) is 8.18. The maximum Gasteiger partial charge on any atom is 0.417 e. The minimum absolute atomic E-state index is 0.00107. The van der Waals surface area contributed by atoms with E-state index < -0.39 is 52.2 Å². The monoisotopic (exact) mass is 691 g/mol. The molecule has 16 heteroatoms. The molecule has 2 N–H and O–H groups in total. The van der Waals surface area contributed by atoms with Crippen molar-refractivity contribution >= 4 is 49.3 Å². The first-order valence-corrected chi connectivity index (χ1v) is 16.2. The Morgan fingerprint density at radius 3 is 2.75 bits per heavy atom. The minimum atomic E-state index is -5.06. The number of hydrogen-bond donors (Lipinski definition) is 1. The summed E-state index contributed by atoms with van der Waals surface area (Å²) in [5.41, 5.74) is 1.99. The molecule has 3 atom stereocenters. The van der Waals surface area contributed by atoms with Gasteiger partial charge in [-0.2, -0.15) is 23.1 Å². The predicted octanol–water partition coefficient (Wildman–Crippen LogP) is 5.96. The molecule has 4 aromatic rings. The number of alkyl halides is 4. The molecule has 0 unspecified atom stereocenters. The smallest absolute Gasteiger partial charge is 0.417 e. The second-order valence-electron chi connectivity index (χ2n) is 12.6. The van der Waals surface area contributed by atoms with Crippen molar-refractivity contribution in [1.29, 1.82) is 0 Å². The van der Waals surface area contributed by atoms with E-state index in [1.165, 1.54) is 6.08 Å². The zero-order valence-corrected chi connectivity index (χ0v) is 26.6. The highest BCUT2D eigenvalue weighted by molar-refractivity contribution is 7.22. The molecule has 254 valence electrons. The first-order chi connectivity index (χ1) is 22.8. The summed E-state index contributed by atoms with van der Waals surface area (Å²) in [6.07, 6.45) is -2.70. The second-order valence-corrected chi connectivity index (χ2v) is 13.6. The number of hydrogen-bond acceptors (Lipinski definition) is 9. The van der Waals surface area contributed by atoms with Gasteiger partial charge in [0.15, 0.2) is 10.9 Å². The van der Waals surface area contributed by atoms with Crippen molar-refractivity contribution < 1.29 is 35.9 Å². The molecule has 0 aliphatic carbocycles. The van der Waals surface area contributed by atoms with E-state index in [1.807, 2.05) is 4.90 Å². The van der Waals surface area contributed by atoms with E-state index in [0.29, 0.717) is 25.9 Å². The number of ether oxygens (including phenoxy) is 1. The van der Waals surface area contributed by atoms with Crippen LogP contribution in [0.15, 0.2) is 30.9 Å². The number of anilines is 2. The van der Waals surface area contributed by atoms with Crippen LogP contribution in [0.5, 0.6) is 6.01 Å². The van der Waals surface area contributed by atoms with Crippen LogP contribution < -0.4 is 15.4 Å². The first-order valence-electron chi connectivity index (χ1n) is 15.4. The van der Waals surface area contributed by atoms with Gasteiger partial charge in [0.2, 0.25) is 5.91 Å². The summed E-state index contributed by atoms with van der Waals surface area (Å²) in [5.74, 6) is -2.43. The largest absolute Gasteiger partial charge is 0.461 e. The number of carbonyl (C=O) groups is 1. The summed E-state index contributed by atoms with van der Waals surface area (Å²) in [7, 11) is 1.60. The molecule has 0 bridgehead atoms. The molecule has 3 fully saturated rings. The Balaban J connectivity index is 1.41. The molecule has 2 aromatic heterocycles. The van der Waals surface area contributed by atoms with E-state index in [9.17, 15) is 26.7 Å². The van der Waals surface area contributed by atoms with Gasteiger partial charge in [-0.1, -0.05) is 17.9 Å². The van der Waals surface area contributed by atoms with Crippen LogP contribution in [0.2, 0.25) is 0 Å². The van der Waals surface area contributed by atoms with E-state index in [4.69, 9.17) is 10.5 Å². The lowest BCUT2D eigenvalue weighted by molar-refractivity contribution is -0.137. The van der Waals surface area contributed by atoms with Crippen LogP contribution in [0, 0.1) is 11.6 Å². The molecule has 9 nitrogen and oxygen atoms in total. The van der Waals surface area contributed by atoms with Gasteiger partial charge >= 0.3 is 12.2 Å². The van der Waals surface area contributed by atoms with Gasteiger partial charge in [-0.15, -0.1) is 0 Å². The molecule has 5 heterocycles. The summed E-state index contributed by atoms with van der Waals surface area (Å²) >= 11 is 0.734. The number of likely N-dealkylation sites (N-methyl/N-ethyl adjacent to an activating group) is 1. The molecule has 7 rings (SSSR count). The number of aromatic nitrogens is 3. The number of nitrogens with zero attached hydrogens (tertiary/aromatic N) is 6. The van der Waals surface area contributed by atoms with Gasteiger partial charge in [0.25, 0.3) is 0 Å². The van der Waals surface area contributed by atoms with E-state index in [1.54, 1.807) is 16.8 Å². The van der Waals surface area contributed by atoms with Crippen LogP contribution in [0.25, 0.3) is 32.2 Å². The molecular formula is C32H31F6N7O2S. The Bertz CT molecular complexity index is 1950. The fraction of sp³-hybridized carbons (Fsp3) is 0.438.